The van der Waals surface area contributed by atoms with Crippen LogP contribution in [0.4, 0.5) is 4.39 Å². The Morgan fingerprint density at radius 3 is 2.46 bits per heavy atom. The molecule has 0 unspecified atom stereocenters. The summed E-state index contributed by atoms with van der Waals surface area (Å²) in [5.41, 5.74) is -0.292. The molecule has 0 aromatic heterocycles. The maximum Gasteiger partial charge on any atom is 0.339 e. The number of amides is 2. The fourth-order valence-electron chi connectivity index (χ4n) is 1.73. The van der Waals surface area contributed by atoms with Crippen LogP contribution >= 0.6 is 15.9 Å². The highest BCUT2D eigenvalue weighted by Gasteiger charge is 2.19. The number of esters is 1. The molecule has 8 heteroatoms. The van der Waals surface area contributed by atoms with Crippen molar-refractivity contribution in [2.75, 3.05) is 20.2 Å². The third-order valence-corrected chi connectivity index (χ3v) is 3.45. The van der Waals surface area contributed by atoms with Crippen LogP contribution in [-0.4, -0.2) is 48.4 Å². The average Bonchev–Trinajstić information content (AvgIpc) is 2.42. The lowest BCUT2D eigenvalue weighted by Gasteiger charge is -2.23. The van der Waals surface area contributed by atoms with E-state index < -0.39 is 29.8 Å². The number of hydrogen-bond donors (Lipinski definition) is 1. The second-order valence-electron chi connectivity index (χ2n) is 6.25. The lowest BCUT2D eigenvalue weighted by Crippen LogP contribution is -2.46. The van der Waals surface area contributed by atoms with Crippen LogP contribution < -0.4 is 5.32 Å². The number of carbonyl (C=O) groups is 3. The molecule has 0 spiro atoms. The van der Waals surface area contributed by atoms with Crippen molar-refractivity contribution in [2.24, 2.45) is 0 Å². The van der Waals surface area contributed by atoms with Gasteiger partial charge < -0.3 is 15.0 Å². The Labute approximate surface area is 148 Å². The number of hydrogen-bond acceptors (Lipinski definition) is 4. The summed E-state index contributed by atoms with van der Waals surface area (Å²) in [6.07, 6.45) is 0. The molecule has 0 aliphatic carbocycles. The molecule has 0 bridgehead atoms. The molecular formula is C16H20BrFN2O4. The third kappa shape index (κ3) is 6.66. The second-order valence-corrected chi connectivity index (χ2v) is 7.10. The van der Waals surface area contributed by atoms with E-state index in [-0.39, 0.29) is 22.5 Å². The van der Waals surface area contributed by atoms with Crippen molar-refractivity contribution in [3.63, 3.8) is 0 Å². The molecule has 1 aromatic carbocycles. The van der Waals surface area contributed by atoms with E-state index in [4.69, 9.17) is 4.74 Å². The largest absolute Gasteiger partial charge is 0.452 e. The fourth-order valence-corrected chi connectivity index (χ4v) is 2.24. The van der Waals surface area contributed by atoms with Crippen LogP contribution in [0.5, 0.6) is 0 Å². The van der Waals surface area contributed by atoms with Gasteiger partial charge in [0.15, 0.2) is 6.61 Å². The number of carbonyl (C=O) groups excluding carboxylic acids is 3. The van der Waals surface area contributed by atoms with Crippen LogP contribution in [0.25, 0.3) is 0 Å². The molecule has 0 aliphatic heterocycles. The van der Waals surface area contributed by atoms with Gasteiger partial charge in [-0.05, 0) is 54.9 Å². The monoisotopic (exact) mass is 402 g/mol. The van der Waals surface area contributed by atoms with Crippen molar-refractivity contribution in [3.8, 4) is 0 Å². The molecule has 1 aromatic rings. The number of ether oxygens (including phenoxy) is 1. The van der Waals surface area contributed by atoms with E-state index in [0.29, 0.717) is 0 Å². The number of nitrogens with one attached hydrogen (secondary N) is 1. The van der Waals surface area contributed by atoms with Crippen molar-refractivity contribution in [1.82, 2.24) is 10.2 Å². The first-order chi connectivity index (χ1) is 11.0. The van der Waals surface area contributed by atoms with Gasteiger partial charge in [0.25, 0.3) is 5.91 Å². The highest BCUT2D eigenvalue weighted by Crippen LogP contribution is 2.18. The molecule has 0 saturated carbocycles. The zero-order valence-corrected chi connectivity index (χ0v) is 15.6. The van der Waals surface area contributed by atoms with Gasteiger partial charge in [-0.15, -0.1) is 0 Å². The third-order valence-electron chi connectivity index (χ3n) is 2.80. The van der Waals surface area contributed by atoms with Gasteiger partial charge in [0.1, 0.15) is 5.82 Å². The Hall–Kier alpha value is -1.96. The van der Waals surface area contributed by atoms with Gasteiger partial charge in [0.2, 0.25) is 5.91 Å². The van der Waals surface area contributed by atoms with E-state index in [1.165, 1.54) is 13.1 Å². The van der Waals surface area contributed by atoms with E-state index >= 15 is 0 Å². The summed E-state index contributed by atoms with van der Waals surface area (Å²) in [6.45, 7) is 4.83. The summed E-state index contributed by atoms with van der Waals surface area (Å²) in [5.74, 6) is -2.10. The maximum absolute atomic E-state index is 13.0. The van der Waals surface area contributed by atoms with Crippen molar-refractivity contribution in [3.05, 3.63) is 34.1 Å². The van der Waals surface area contributed by atoms with Crippen LogP contribution in [-0.2, 0) is 14.3 Å². The smallest absolute Gasteiger partial charge is 0.339 e. The van der Waals surface area contributed by atoms with Crippen molar-refractivity contribution >= 4 is 33.7 Å². The van der Waals surface area contributed by atoms with Gasteiger partial charge in [-0.2, -0.15) is 0 Å². The van der Waals surface area contributed by atoms with Gasteiger partial charge in [-0.25, -0.2) is 9.18 Å². The molecular weight excluding hydrogens is 383 g/mol. The molecule has 0 aliphatic rings. The Bertz CT molecular complexity index is 643. The van der Waals surface area contributed by atoms with E-state index in [2.05, 4.69) is 21.2 Å². The fraction of sp³-hybridized carbons (Fsp3) is 0.438. The van der Waals surface area contributed by atoms with Crippen LogP contribution in [0.1, 0.15) is 31.1 Å². The topological polar surface area (TPSA) is 75.7 Å². The Balaban J connectivity index is 2.53. The first kappa shape index (κ1) is 20.1. The van der Waals surface area contributed by atoms with Gasteiger partial charge in [0.05, 0.1) is 12.1 Å². The van der Waals surface area contributed by atoms with Gasteiger partial charge >= 0.3 is 5.97 Å². The predicted molar refractivity (Wildman–Crippen MR) is 89.9 cm³/mol. The second kappa shape index (κ2) is 8.23. The zero-order chi connectivity index (χ0) is 18.5. The van der Waals surface area contributed by atoms with E-state index in [0.717, 1.165) is 17.0 Å². The first-order valence-corrected chi connectivity index (χ1v) is 7.96. The van der Waals surface area contributed by atoms with Crippen LogP contribution in [0.15, 0.2) is 22.7 Å². The molecule has 0 saturated heterocycles. The van der Waals surface area contributed by atoms with Crippen molar-refractivity contribution < 1.29 is 23.5 Å². The minimum absolute atomic E-state index is 0.109. The predicted octanol–water partition coefficient (Wildman–Crippen LogP) is 2.12. The highest BCUT2D eigenvalue weighted by molar-refractivity contribution is 9.10. The molecule has 132 valence electrons. The number of benzene rings is 1. The number of halogens is 2. The number of likely N-dealkylation sites (N-methyl/N-ethyl adjacent to an activating group) is 1. The quantitative estimate of drug-likeness (QED) is 0.765. The normalized spacial score (nSPS) is 10.9. The lowest BCUT2D eigenvalue weighted by atomic mass is 10.1. The molecule has 6 nitrogen and oxygen atoms in total. The Morgan fingerprint density at radius 1 is 1.29 bits per heavy atom. The summed E-state index contributed by atoms with van der Waals surface area (Å²) < 4.78 is 18.1. The van der Waals surface area contributed by atoms with E-state index in [1.807, 2.05) is 20.8 Å². The molecule has 0 fully saturated rings. The van der Waals surface area contributed by atoms with Crippen molar-refractivity contribution in [2.45, 2.75) is 26.3 Å². The van der Waals surface area contributed by atoms with Gasteiger partial charge in [0, 0.05) is 17.1 Å². The van der Waals surface area contributed by atoms with Gasteiger partial charge in [-0.1, -0.05) is 0 Å². The van der Waals surface area contributed by atoms with Crippen LogP contribution in [0.2, 0.25) is 0 Å². The van der Waals surface area contributed by atoms with Crippen molar-refractivity contribution in [1.29, 1.82) is 0 Å². The summed E-state index contributed by atoms with van der Waals surface area (Å²) >= 11 is 3.06. The Kier molecular flexibility index (Phi) is 6.89. The summed E-state index contributed by atoms with van der Waals surface area (Å²) in [5, 5.41) is 2.73. The molecule has 0 radical (unpaired) electrons. The maximum atomic E-state index is 13.0. The zero-order valence-electron chi connectivity index (χ0n) is 14.0. The highest BCUT2D eigenvalue weighted by atomic mass is 79.9. The molecule has 24 heavy (non-hydrogen) atoms. The molecule has 0 atom stereocenters. The number of rotatable bonds is 5. The van der Waals surface area contributed by atoms with E-state index in [9.17, 15) is 18.8 Å². The Morgan fingerprint density at radius 2 is 1.92 bits per heavy atom. The van der Waals surface area contributed by atoms with Crippen LogP contribution in [0, 0.1) is 5.82 Å². The average molecular weight is 403 g/mol. The molecule has 1 rings (SSSR count). The lowest BCUT2D eigenvalue weighted by molar-refractivity contribution is -0.137. The summed E-state index contributed by atoms with van der Waals surface area (Å²) in [6, 6.07) is 3.50. The molecule has 2 amide bonds. The molecule has 1 N–H and O–H groups in total. The SMILES string of the molecule is CN(CC(=O)NC(C)(C)C)C(=O)COC(=O)c1ccc(F)cc1Br. The minimum atomic E-state index is -0.761. The first-order valence-electron chi connectivity index (χ1n) is 7.17. The summed E-state index contributed by atoms with van der Waals surface area (Å²) in [7, 11) is 1.44. The van der Waals surface area contributed by atoms with Crippen LogP contribution in [0.3, 0.4) is 0 Å². The summed E-state index contributed by atoms with van der Waals surface area (Å²) in [4.78, 5) is 36.7. The van der Waals surface area contributed by atoms with E-state index in [1.54, 1.807) is 0 Å². The number of nitrogens with zero attached hydrogens (tertiary/aromatic N) is 1. The molecule has 0 heterocycles. The standard InChI is InChI=1S/C16H20BrFN2O4/c1-16(2,3)19-13(21)8-20(4)14(22)9-24-15(23)11-6-5-10(18)7-12(11)17/h5-7H,8-9H2,1-4H3,(H,19,21). The minimum Gasteiger partial charge on any atom is -0.452 e. The van der Waals surface area contributed by atoms with Gasteiger partial charge in [-0.3, -0.25) is 9.59 Å².